The van der Waals surface area contributed by atoms with Gasteiger partial charge in [0.25, 0.3) is 0 Å². The Kier molecular flexibility index (Phi) is 2.50. The van der Waals surface area contributed by atoms with Gasteiger partial charge in [-0.15, -0.1) is 0 Å². The Morgan fingerprint density at radius 1 is 1.73 bits per heavy atom. The smallest absolute Gasteiger partial charge is 0.240 e. The number of hydrogen-bond donors (Lipinski definition) is 2. The lowest BCUT2D eigenvalue weighted by atomic mass is 9.84. The third kappa shape index (κ3) is 1.53. The molecule has 1 aliphatic heterocycles. The lowest BCUT2D eigenvalue weighted by Crippen LogP contribution is -2.58. The zero-order chi connectivity index (χ0) is 10.9. The Morgan fingerprint density at radius 2 is 2.47 bits per heavy atom. The molecule has 1 amide bonds. The average molecular weight is 209 g/mol. The number of nitrogens with zero attached hydrogens (tertiary/aromatic N) is 1. The second-order valence-corrected chi connectivity index (χ2v) is 3.90. The van der Waals surface area contributed by atoms with Gasteiger partial charge in [-0.2, -0.15) is 0 Å². The summed E-state index contributed by atoms with van der Waals surface area (Å²) in [7, 11) is 1.74. The van der Waals surface area contributed by atoms with Crippen molar-refractivity contribution in [1.29, 1.82) is 0 Å². The first kappa shape index (κ1) is 10.2. The number of carbonyl (C=O) groups is 1. The maximum atomic E-state index is 12.1. The van der Waals surface area contributed by atoms with Crippen LogP contribution in [0.5, 0.6) is 0 Å². The highest BCUT2D eigenvalue weighted by molar-refractivity contribution is 5.97. The van der Waals surface area contributed by atoms with Crippen LogP contribution in [-0.2, 0) is 9.53 Å². The van der Waals surface area contributed by atoms with Gasteiger partial charge in [-0.1, -0.05) is 0 Å². The largest absolute Gasteiger partial charge is 0.379 e. The average Bonchev–Trinajstić information content (AvgIpc) is 2.68. The number of ether oxygens (including phenoxy) is 1. The summed E-state index contributed by atoms with van der Waals surface area (Å²) < 4.78 is 5.08. The molecule has 1 saturated heterocycles. The first-order valence-corrected chi connectivity index (χ1v) is 4.89. The Morgan fingerprint density at radius 3 is 2.87 bits per heavy atom. The summed E-state index contributed by atoms with van der Waals surface area (Å²) in [6, 6.07) is 3.70. The summed E-state index contributed by atoms with van der Waals surface area (Å²) in [4.78, 5) is 16.7. The standard InChI is InChI=1S/C10H15N3O2/c1-13(8-3-2-4-12-8)9(14)10(5-11)6-15-7-10/h2-4,12H,5-7,11H2,1H3. The SMILES string of the molecule is CN(C(=O)C1(CN)COC1)c1ccc[nH]1. The molecule has 82 valence electrons. The molecule has 0 aliphatic carbocycles. The number of nitrogens with two attached hydrogens (primary N) is 1. The minimum atomic E-state index is -0.514. The number of carbonyl (C=O) groups excluding carboxylic acids is 1. The second-order valence-electron chi connectivity index (χ2n) is 3.90. The van der Waals surface area contributed by atoms with Crippen LogP contribution in [0.1, 0.15) is 0 Å². The van der Waals surface area contributed by atoms with Crippen LogP contribution in [0, 0.1) is 5.41 Å². The number of hydrogen-bond acceptors (Lipinski definition) is 3. The fraction of sp³-hybridized carbons (Fsp3) is 0.500. The number of aromatic amines is 1. The molecule has 2 rings (SSSR count). The molecule has 0 radical (unpaired) electrons. The van der Waals surface area contributed by atoms with Crippen molar-refractivity contribution in [3.05, 3.63) is 18.3 Å². The Labute approximate surface area is 88.2 Å². The number of aromatic nitrogens is 1. The molecule has 1 aromatic heterocycles. The first-order valence-electron chi connectivity index (χ1n) is 4.89. The molecule has 0 unspecified atom stereocenters. The molecule has 1 fully saturated rings. The van der Waals surface area contributed by atoms with Crippen LogP contribution in [-0.4, -0.2) is 37.7 Å². The molecular formula is C10H15N3O2. The molecule has 5 nitrogen and oxygen atoms in total. The van der Waals surface area contributed by atoms with E-state index in [1.165, 1.54) is 0 Å². The summed E-state index contributed by atoms with van der Waals surface area (Å²) in [6.07, 6.45) is 1.78. The van der Waals surface area contributed by atoms with Gasteiger partial charge in [-0.3, -0.25) is 4.79 Å². The minimum Gasteiger partial charge on any atom is -0.379 e. The van der Waals surface area contributed by atoms with E-state index in [2.05, 4.69) is 4.98 Å². The number of anilines is 1. The highest BCUT2D eigenvalue weighted by Crippen LogP contribution is 2.29. The Bertz CT molecular complexity index is 338. The normalized spacial score (nSPS) is 18.3. The number of H-pyrrole nitrogens is 1. The molecule has 0 spiro atoms. The maximum absolute atomic E-state index is 12.1. The van der Waals surface area contributed by atoms with Crippen LogP contribution < -0.4 is 10.6 Å². The Balaban J connectivity index is 2.14. The van der Waals surface area contributed by atoms with Crippen molar-refractivity contribution in [2.75, 3.05) is 31.7 Å². The van der Waals surface area contributed by atoms with Crippen LogP contribution in [0.4, 0.5) is 5.82 Å². The van der Waals surface area contributed by atoms with Crippen molar-refractivity contribution in [2.24, 2.45) is 11.1 Å². The summed E-state index contributed by atoms with van der Waals surface area (Å²) in [6.45, 7) is 1.18. The van der Waals surface area contributed by atoms with Crippen molar-refractivity contribution < 1.29 is 9.53 Å². The van der Waals surface area contributed by atoms with Gasteiger partial charge < -0.3 is 20.4 Å². The van der Waals surface area contributed by atoms with E-state index in [1.54, 1.807) is 18.1 Å². The third-order valence-corrected chi connectivity index (χ3v) is 2.85. The second kappa shape index (κ2) is 3.67. The summed E-state index contributed by atoms with van der Waals surface area (Å²) in [5.41, 5.74) is 5.11. The molecule has 0 aromatic carbocycles. The first-order chi connectivity index (χ1) is 7.19. The molecule has 15 heavy (non-hydrogen) atoms. The highest BCUT2D eigenvalue weighted by atomic mass is 16.5. The van der Waals surface area contributed by atoms with Crippen molar-refractivity contribution in [3.8, 4) is 0 Å². The van der Waals surface area contributed by atoms with Gasteiger partial charge in [-0.05, 0) is 12.1 Å². The lowest BCUT2D eigenvalue weighted by molar-refractivity contribution is -0.156. The topological polar surface area (TPSA) is 71.3 Å². The van der Waals surface area contributed by atoms with Gasteiger partial charge in [-0.25, -0.2) is 0 Å². The van der Waals surface area contributed by atoms with Gasteiger partial charge in [0.15, 0.2) is 0 Å². The molecular weight excluding hydrogens is 194 g/mol. The number of nitrogens with one attached hydrogen (secondary N) is 1. The third-order valence-electron chi connectivity index (χ3n) is 2.85. The molecule has 1 aromatic rings. The fourth-order valence-corrected chi connectivity index (χ4v) is 1.67. The van der Waals surface area contributed by atoms with Crippen LogP contribution in [0.25, 0.3) is 0 Å². The quantitative estimate of drug-likeness (QED) is 0.733. The lowest BCUT2D eigenvalue weighted by Gasteiger charge is -2.40. The van der Waals surface area contributed by atoms with Crippen LogP contribution in [0.3, 0.4) is 0 Å². The van der Waals surface area contributed by atoms with E-state index in [1.807, 2.05) is 12.1 Å². The molecule has 0 atom stereocenters. The van der Waals surface area contributed by atoms with Crippen LogP contribution >= 0.6 is 0 Å². The summed E-state index contributed by atoms with van der Waals surface area (Å²) >= 11 is 0. The molecule has 1 aliphatic rings. The predicted octanol–water partition coefficient (Wildman–Crippen LogP) is -0.0472. The maximum Gasteiger partial charge on any atom is 0.240 e. The van der Waals surface area contributed by atoms with Gasteiger partial charge >= 0.3 is 0 Å². The monoisotopic (exact) mass is 209 g/mol. The van der Waals surface area contributed by atoms with E-state index < -0.39 is 5.41 Å². The van der Waals surface area contributed by atoms with Gasteiger partial charge in [0.05, 0.1) is 13.2 Å². The molecule has 0 bridgehead atoms. The summed E-state index contributed by atoms with van der Waals surface area (Å²) in [5.74, 6) is 0.790. The van der Waals surface area contributed by atoms with E-state index in [0.29, 0.717) is 19.8 Å². The van der Waals surface area contributed by atoms with Gasteiger partial charge in [0.2, 0.25) is 5.91 Å². The van der Waals surface area contributed by atoms with Crippen molar-refractivity contribution in [1.82, 2.24) is 4.98 Å². The molecule has 2 heterocycles. The molecule has 3 N–H and O–H groups in total. The van der Waals surface area contributed by atoms with Gasteiger partial charge in [0.1, 0.15) is 11.2 Å². The zero-order valence-electron chi connectivity index (χ0n) is 8.69. The van der Waals surface area contributed by atoms with E-state index in [-0.39, 0.29) is 5.91 Å². The number of rotatable bonds is 3. The van der Waals surface area contributed by atoms with Crippen molar-refractivity contribution in [2.45, 2.75) is 0 Å². The van der Waals surface area contributed by atoms with E-state index in [4.69, 9.17) is 10.5 Å². The predicted molar refractivity (Wildman–Crippen MR) is 56.5 cm³/mol. The summed E-state index contributed by atoms with van der Waals surface area (Å²) in [5, 5.41) is 0. The highest BCUT2D eigenvalue weighted by Gasteiger charge is 2.46. The molecule has 5 heteroatoms. The van der Waals surface area contributed by atoms with Crippen LogP contribution in [0.2, 0.25) is 0 Å². The van der Waals surface area contributed by atoms with E-state index in [9.17, 15) is 4.79 Å². The fourth-order valence-electron chi connectivity index (χ4n) is 1.67. The molecule has 0 saturated carbocycles. The van der Waals surface area contributed by atoms with Crippen LogP contribution in [0.15, 0.2) is 18.3 Å². The number of amides is 1. The van der Waals surface area contributed by atoms with Gasteiger partial charge in [0, 0.05) is 19.8 Å². The van der Waals surface area contributed by atoms with E-state index in [0.717, 1.165) is 5.82 Å². The van der Waals surface area contributed by atoms with E-state index >= 15 is 0 Å². The Hall–Kier alpha value is -1.33. The van der Waals surface area contributed by atoms with Crippen molar-refractivity contribution in [3.63, 3.8) is 0 Å². The minimum absolute atomic E-state index is 0.0127. The van der Waals surface area contributed by atoms with Crippen molar-refractivity contribution >= 4 is 11.7 Å². The zero-order valence-corrected chi connectivity index (χ0v) is 8.69.